The number of aryl methyl sites for hydroxylation is 2. The van der Waals surface area contributed by atoms with Gasteiger partial charge in [-0.25, -0.2) is 0 Å². The van der Waals surface area contributed by atoms with Gasteiger partial charge in [-0.05, 0) is 65.2 Å². The van der Waals surface area contributed by atoms with Crippen LogP contribution in [0.4, 0.5) is 11.4 Å². The molecular formula is C17H21BrN2. The summed E-state index contributed by atoms with van der Waals surface area (Å²) in [5.74, 6) is 0. The molecule has 2 nitrogen and oxygen atoms in total. The van der Waals surface area contributed by atoms with Crippen molar-refractivity contribution in [2.24, 2.45) is 0 Å². The van der Waals surface area contributed by atoms with Crippen LogP contribution in [0.3, 0.4) is 0 Å². The smallest absolute Gasteiger partial charge is 0.0485 e. The van der Waals surface area contributed by atoms with Gasteiger partial charge < -0.3 is 10.2 Å². The molecule has 106 valence electrons. The van der Waals surface area contributed by atoms with Gasteiger partial charge in [-0.2, -0.15) is 0 Å². The van der Waals surface area contributed by atoms with Crippen molar-refractivity contribution in [1.29, 1.82) is 0 Å². The maximum atomic E-state index is 3.55. The predicted molar refractivity (Wildman–Crippen MR) is 91.8 cm³/mol. The second kappa shape index (κ2) is 6.80. The van der Waals surface area contributed by atoms with Gasteiger partial charge in [0.2, 0.25) is 0 Å². The third-order valence-corrected chi connectivity index (χ3v) is 3.98. The Kier molecular flexibility index (Phi) is 5.07. The number of para-hydroxylation sites is 1. The van der Waals surface area contributed by atoms with E-state index in [1.165, 1.54) is 16.8 Å². The van der Waals surface area contributed by atoms with Crippen LogP contribution in [-0.2, 0) is 0 Å². The van der Waals surface area contributed by atoms with Gasteiger partial charge >= 0.3 is 0 Å². The molecule has 0 aliphatic rings. The lowest BCUT2D eigenvalue weighted by atomic mass is 10.1. The molecule has 0 saturated heterocycles. The topological polar surface area (TPSA) is 15.3 Å². The van der Waals surface area contributed by atoms with E-state index in [9.17, 15) is 0 Å². The molecular weight excluding hydrogens is 312 g/mol. The first-order valence-electron chi connectivity index (χ1n) is 6.84. The minimum absolute atomic E-state index is 0.909. The highest BCUT2D eigenvalue weighted by atomic mass is 79.9. The Labute approximate surface area is 129 Å². The lowest BCUT2D eigenvalue weighted by Crippen LogP contribution is -2.24. The van der Waals surface area contributed by atoms with Crippen LogP contribution >= 0.6 is 15.9 Å². The average molecular weight is 333 g/mol. The van der Waals surface area contributed by atoms with E-state index in [1.807, 2.05) is 12.1 Å². The highest BCUT2D eigenvalue weighted by molar-refractivity contribution is 9.10. The van der Waals surface area contributed by atoms with Crippen LogP contribution in [0.1, 0.15) is 11.1 Å². The van der Waals surface area contributed by atoms with E-state index >= 15 is 0 Å². The Morgan fingerprint density at radius 2 is 1.70 bits per heavy atom. The highest BCUT2D eigenvalue weighted by Crippen LogP contribution is 2.21. The van der Waals surface area contributed by atoms with Crippen molar-refractivity contribution >= 4 is 27.3 Å². The van der Waals surface area contributed by atoms with Crippen LogP contribution in [0.2, 0.25) is 0 Å². The van der Waals surface area contributed by atoms with Crippen molar-refractivity contribution in [3.63, 3.8) is 0 Å². The molecule has 0 amide bonds. The lowest BCUT2D eigenvalue weighted by molar-refractivity contribution is 0.912. The van der Waals surface area contributed by atoms with Gasteiger partial charge in [0.1, 0.15) is 0 Å². The van der Waals surface area contributed by atoms with E-state index in [2.05, 4.69) is 77.4 Å². The Balaban J connectivity index is 1.92. The third-order valence-electron chi connectivity index (χ3n) is 3.28. The Hall–Kier alpha value is -1.48. The summed E-state index contributed by atoms with van der Waals surface area (Å²) in [4.78, 5) is 2.28. The number of hydrogen-bond acceptors (Lipinski definition) is 2. The van der Waals surface area contributed by atoms with Gasteiger partial charge in [-0.3, -0.25) is 0 Å². The standard InChI is InChI=1S/C17H21BrN2/c1-13-10-14(2)12-15(11-13)20(3)9-8-19-17-7-5-4-6-16(17)18/h4-7,10-12,19H,8-9H2,1-3H3. The summed E-state index contributed by atoms with van der Waals surface area (Å²) in [7, 11) is 2.13. The molecule has 0 aliphatic carbocycles. The fraction of sp³-hybridized carbons (Fsp3) is 0.294. The maximum Gasteiger partial charge on any atom is 0.0485 e. The molecule has 2 aromatic rings. The van der Waals surface area contributed by atoms with E-state index in [0.29, 0.717) is 0 Å². The second-order valence-electron chi connectivity index (χ2n) is 5.17. The maximum absolute atomic E-state index is 3.55. The number of benzene rings is 2. The number of halogens is 1. The first-order valence-corrected chi connectivity index (χ1v) is 7.63. The van der Waals surface area contributed by atoms with Crippen LogP contribution in [-0.4, -0.2) is 20.1 Å². The summed E-state index contributed by atoms with van der Waals surface area (Å²) in [5, 5.41) is 3.45. The Morgan fingerprint density at radius 3 is 2.35 bits per heavy atom. The molecule has 0 bridgehead atoms. The summed E-state index contributed by atoms with van der Waals surface area (Å²) in [6.45, 7) is 6.16. The monoisotopic (exact) mass is 332 g/mol. The fourth-order valence-corrected chi connectivity index (χ4v) is 2.69. The van der Waals surface area contributed by atoms with Crippen LogP contribution in [0, 0.1) is 13.8 Å². The van der Waals surface area contributed by atoms with Gasteiger partial charge in [0.15, 0.2) is 0 Å². The van der Waals surface area contributed by atoms with Crippen molar-refractivity contribution in [2.75, 3.05) is 30.4 Å². The first kappa shape index (κ1) is 14.9. The molecule has 2 rings (SSSR count). The molecule has 2 aromatic carbocycles. The molecule has 0 fully saturated rings. The van der Waals surface area contributed by atoms with Gasteiger partial charge in [0.05, 0.1) is 0 Å². The van der Waals surface area contributed by atoms with Crippen LogP contribution < -0.4 is 10.2 Å². The number of hydrogen-bond donors (Lipinski definition) is 1. The molecule has 0 heterocycles. The minimum atomic E-state index is 0.909. The van der Waals surface area contributed by atoms with E-state index in [-0.39, 0.29) is 0 Å². The van der Waals surface area contributed by atoms with Crippen molar-refractivity contribution < 1.29 is 0 Å². The largest absolute Gasteiger partial charge is 0.382 e. The van der Waals surface area contributed by atoms with E-state index in [4.69, 9.17) is 0 Å². The number of likely N-dealkylation sites (N-methyl/N-ethyl adjacent to an activating group) is 1. The molecule has 0 saturated carbocycles. The number of nitrogens with zero attached hydrogens (tertiary/aromatic N) is 1. The first-order chi connectivity index (χ1) is 9.56. The van der Waals surface area contributed by atoms with E-state index in [0.717, 1.165) is 23.2 Å². The lowest BCUT2D eigenvalue weighted by Gasteiger charge is -2.21. The second-order valence-corrected chi connectivity index (χ2v) is 6.03. The highest BCUT2D eigenvalue weighted by Gasteiger charge is 2.03. The van der Waals surface area contributed by atoms with Crippen molar-refractivity contribution in [1.82, 2.24) is 0 Å². The number of anilines is 2. The van der Waals surface area contributed by atoms with Crippen molar-refractivity contribution in [2.45, 2.75) is 13.8 Å². The average Bonchev–Trinajstić information content (AvgIpc) is 2.39. The minimum Gasteiger partial charge on any atom is -0.382 e. The third kappa shape index (κ3) is 4.01. The molecule has 0 aliphatic heterocycles. The summed E-state index contributed by atoms with van der Waals surface area (Å²) >= 11 is 3.55. The predicted octanol–water partition coefficient (Wildman–Crippen LogP) is 4.61. The normalized spacial score (nSPS) is 10.4. The van der Waals surface area contributed by atoms with Gasteiger partial charge in [-0.15, -0.1) is 0 Å². The van der Waals surface area contributed by atoms with Crippen molar-refractivity contribution in [3.8, 4) is 0 Å². The zero-order valence-electron chi connectivity index (χ0n) is 12.3. The van der Waals surface area contributed by atoms with Crippen LogP contribution in [0.15, 0.2) is 46.9 Å². The summed E-state index contributed by atoms with van der Waals surface area (Å²) in [5.41, 5.74) is 5.04. The molecule has 0 aromatic heterocycles. The van der Waals surface area contributed by atoms with Gasteiger partial charge in [0.25, 0.3) is 0 Å². The van der Waals surface area contributed by atoms with Crippen LogP contribution in [0.5, 0.6) is 0 Å². The van der Waals surface area contributed by atoms with Crippen molar-refractivity contribution in [3.05, 3.63) is 58.1 Å². The Bertz CT molecular complexity index is 561. The summed E-state index contributed by atoms with van der Waals surface area (Å²) < 4.78 is 1.11. The zero-order chi connectivity index (χ0) is 14.5. The zero-order valence-corrected chi connectivity index (χ0v) is 13.9. The molecule has 20 heavy (non-hydrogen) atoms. The molecule has 0 atom stereocenters. The van der Waals surface area contributed by atoms with Gasteiger partial charge in [-0.1, -0.05) is 18.2 Å². The Morgan fingerprint density at radius 1 is 1.05 bits per heavy atom. The molecule has 0 radical (unpaired) electrons. The quantitative estimate of drug-likeness (QED) is 0.859. The molecule has 1 N–H and O–H groups in total. The summed E-state index contributed by atoms with van der Waals surface area (Å²) in [6.07, 6.45) is 0. The van der Waals surface area contributed by atoms with Gasteiger partial charge in [0, 0.05) is 36.0 Å². The molecule has 3 heteroatoms. The van der Waals surface area contributed by atoms with E-state index in [1.54, 1.807) is 0 Å². The SMILES string of the molecule is Cc1cc(C)cc(N(C)CCNc2ccccc2Br)c1. The van der Waals surface area contributed by atoms with E-state index < -0.39 is 0 Å². The fourth-order valence-electron chi connectivity index (χ4n) is 2.26. The number of rotatable bonds is 5. The number of nitrogens with one attached hydrogen (secondary N) is 1. The summed E-state index contributed by atoms with van der Waals surface area (Å²) in [6, 6.07) is 14.9. The van der Waals surface area contributed by atoms with Crippen LogP contribution in [0.25, 0.3) is 0 Å². The molecule has 0 spiro atoms. The molecule has 0 unspecified atom stereocenters.